The molecule has 0 radical (unpaired) electrons. The Kier molecular flexibility index (Phi) is 5.94. The lowest BCUT2D eigenvalue weighted by atomic mass is 9.82. The summed E-state index contributed by atoms with van der Waals surface area (Å²) in [7, 11) is -3.33. The van der Waals surface area contributed by atoms with Crippen LogP contribution in [-0.2, 0) is 19.1 Å². The second-order valence-corrected chi connectivity index (χ2v) is 9.20. The van der Waals surface area contributed by atoms with E-state index >= 15 is 0 Å². The van der Waals surface area contributed by atoms with Crippen molar-refractivity contribution in [2.75, 3.05) is 23.5 Å². The van der Waals surface area contributed by atoms with E-state index in [4.69, 9.17) is 5.73 Å². The van der Waals surface area contributed by atoms with Gasteiger partial charge in [-0.3, -0.25) is 18.6 Å². The molecule has 0 heterocycles. The van der Waals surface area contributed by atoms with Crippen LogP contribution in [-0.4, -0.2) is 33.0 Å². The summed E-state index contributed by atoms with van der Waals surface area (Å²) in [6.07, 6.45) is 0.289. The number of rotatable bonds is 6. The van der Waals surface area contributed by atoms with E-state index in [0.29, 0.717) is 11.4 Å². The second-order valence-electron chi connectivity index (χ2n) is 7.52. The highest BCUT2D eigenvalue weighted by Gasteiger charge is 2.36. The van der Waals surface area contributed by atoms with Crippen LogP contribution in [0.15, 0.2) is 59.5 Å². The van der Waals surface area contributed by atoms with Crippen LogP contribution in [0.3, 0.4) is 0 Å². The molecule has 0 saturated heterocycles. The third kappa shape index (κ3) is 3.93. The molecule has 4 rings (SSSR count). The summed E-state index contributed by atoms with van der Waals surface area (Å²) in [4.78, 5) is 38.0. The van der Waals surface area contributed by atoms with Crippen LogP contribution in [0.2, 0.25) is 0 Å². The molecule has 0 atom stereocenters. The minimum Gasteiger partial charge on any atom is -0.397 e. The van der Waals surface area contributed by atoms with Gasteiger partial charge in [-0.25, -0.2) is 0 Å². The number of benzene rings is 3. The number of hydrogen-bond acceptors (Lipinski definition) is 8. The smallest absolute Gasteiger partial charge is 0.298 e. The Morgan fingerprint density at radius 3 is 2.18 bits per heavy atom. The van der Waals surface area contributed by atoms with Crippen molar-refractivity contribution in [2.45, 2.75) is 18.2 Å². The van der Waals surface area contributed by atoms with Gasteiger partial charge in [0.05, 0.1) is 29.6 Å². The molecule has 1 amide bonds. The molecular formula is C24H21N3O6S. The number of ketones is 2. The summed E-state index contributed by atoms with van der Waals surface area (Å²) >= 11 is 0. The molecule has 34 heavy (non-hydrogen) atoms. The number of nitrogen functional groups attached to an aromatic ring is 1. The van der Waals surface area contributed by atoms with E-state index < -0.39 is 26.6 Å². The monoisotopic (exact) mass is 479 g/mol. The topological polar surface area (TPSA) is 145 Å². The highest BCUT2D eigenvalue weighted by molar-refractivity contribution is 7.87. The van der Waals surface area contributed by atoms with Gasteiger partial charge in [-0.15, -0.1) is 0 Å². The zero-order valence-corrected chi connectivity index (χ0v) is 19.2. The normalized spacial score (nSPS) is 12.6. The first-order chi connectivity index (χ1) is 16.2. The molecule has 1 aliphatic rings. The van der Waals surface area contributed by atoms with Crippen LogP contribution in [0.5, 0.6) is 0 Å². The van der Waals surface area contributed by atoms with Crippen molar-refractivity contribution in [3.63, 3.8) is 0 Å². The van der Waals surface area contributed by atoms with E-state index in [9.17, 15) is 22.8 Å². The minimum absolute atomic E-state index is 0.0424. The number of nitrogens with two attached hydrogens (primary N) is 1. The van der Waals surface area contributed by atoms with Gasteiger partial charge in [-0.1, -0.05) is 37.3 Å². The maximum atomic E-state index is 13.4. The summed E-state index contributed by atoms with van der Waals surface area (Å²) in [6, 6.07) is 14.1. The number of carbonyl (C=O) groups is 3. The molecular weight excluding hydrogens is 458 g/mol. The van der Waals surface area contributed by atoms with E-state index in [0.717, 1.165) is 7.11 Å². The molecule has 3 aromatic carbocycles. The quantitative estimate of drug-likeness (QED) is 0.282. The summed E-state index contributed by atoms with van der Waals surface area (Å²) in [6.45, 7) is 1.72. The van der Waals surface area contributed by atoms with Gasteiger partial charge in [0.15, 0.2) is 11.6 Å². The predicted molar refractivity (Wildman–Crippen MR) is 127 cm³/mol. The summed E-state index contributed by atoms with van der Waals surface area (Å²) < 4.78 is 29.8. The van der Waals surface area contributed by atoms with Crippen LogP contribution in [0.4, 0.5) is 22.7 Å². The van der Waals surface area contributed by atoms with Crippen molar-refractivity contribution in [3.8, 4) is 0 Å². The lowest BCUT2D eigenvalue weighted by Gasteiger charge is -2.24. The number of nitrogens with one attached hydrogen (secondary N) is 2. The van der Waals surface area contributed by atoms with E-state index in [2.05, 4.69) is 14.8 Å². The molecule has 4 N–H and O–H groups in total. The Morgan fingerprint density at radius 2 is 1.56 bits per heavy atom. The fourth-order valence-electron chi connectivity index (χ4n) is 3.77. The first kappa shape index (κ1) is 23.1. The SMILES string of the molecule is CCC(=O)Nc1cccc(Nc2cc(S(=O)(=O)OC)c(N)c3c2C(=O)c2ccccc2C3=O)c1. The van der Waals surface area contributed by atoms with Crippen molar-refractivity contribution >= 4 is 50.3 Å². The Balaban J connectivity index is 1.92. The summed E-state index contributed by atoms with van der Waals surface area (Å²) in [5, 5.41) is 5.74. The Morgan fingerprint density at radius 1 is 0.941 bits per heavy atom. The van der Waals surface area contributed by atoms with Gasteiger partial charge in [0.25, 0.3) is 10.1 Å². The van der Waals surface area contributed by atoms with E-state index in [1.165, 1.54) is 18.2 Å². The summed E-state index contributed by atoms with van der Waals surface area (Å²) in [5.74, 6) is -1.23. The van der Waals surface area contributed by atoms with E-state index in [-0.39, 0.29) is 46.0 Å². The first-order valence-corrected chi connectivity index (χ1v) is 11.7. The summed E-state index contributed by atoms with van der Waals surface area (Å²) in [5.41, 5.74) is 6.84. The lowest BCUT2D eigenvalue weighted by Crippen LogP contribution is -2.25. The van der Waals surface area contributed by atoms with E-state index in [1.54, 1.807) is 43.3 Å². The van der Waals surface area contributed by atoms with Crippen LogP contribution >= 0.6 is 0 Å². The van der Waals surface area contributed by atoms with Crippen LogP contribution in [0.1, 0.15) is 45.2 Å². The molecule has 0 unspecified atom stereocenters. The maximum absolute atomic E-state index is 13.4. The first-order valence-electron chi connectivity index (χ1n) is 10.3. The van der Waals surface area contributed by atoms with Gasteiger partial charge in [0.1, 0.15) is 4.90 Å². The number of carbonyl (C=O) groups excluding carboxylic acids is 3. The zero-order chi connectivity index (χ0) is 24.6. The molecule has 0 bridgehead atoms. The largest absolute Gasteiger partial charge is 0.397 e. The Hall–Kier alpha value is -4.02. The van der Waals surface area contributed by atoms with Gasteiger partial charge in [0.2, 0.25) is 5.91 Å². The molecule has 0 fully saturated rings. The molecule has 1 aliphatic carbocycles. The molecule has 0 spiro atoms. The molecule has 9 nitrogen and oxygen atoms in total. The van der Waals surface area contributed by atoms with Crippen molar-refractivity contribution in [1.29, 1.82) is 0 Å². The fraction of sp³-hybridized carbons (Fsp3) is 0.125. The number of amides is 1. The Labute approximate surface area is 196 Å². The molecule has 174 valence electrons. The zero-order valence-electron chi connectivity index (χ0n) is 18.3. The van der Waals surface area contributed by atoms with Crippen molar-refractivity contribution in [2.24, 2.45) is 0 Å². The highest BCUT2D eigenvalue weighted by atomic mass is 32.2. The van der Waals surface area contributed by atoms with E-state index in [1.807, 2.05) is 0 Å². The minimum atomic E-state index is -4.31. The van der Waals surface area contributed by atoms with Crippen LogP contribution in [0, 0.1) is 0 Å². The maximum Gasteiger partial charge on any atom is 0.298 e. The number of anilines is 4. The van der Waals surface area contributed by atoms with Gasteiger partial charge in [0, 0.05) is 28.9 Å². The van der Waals surface area contributed by atoms with Crippen molar-refractivity contribution in [3.05, 3.63) is 76.9 Å². The Bertz CT molecular complexity index is 1460. The standard InChI is InChI=1S/C24H21N3O6S/c1-3-19(28)27-14-8-6-7-13(11-14)26-17-12-18(34(31,32)33-2)22(25)21-20(17)23(29)15-9-4-5-10-16(15)24(21)30/h4-12,26H,3,25H2,1-2H3,(H,27,28). The second kappa shape index (κ2) is 8.73. The lowest BCUT2D eigenvalue weighted by molar-refractivity contribution is -0.115. The van der Waals surface area contributed by atoms with Crippen LogP contribution < -0.4 is 16.4 Å². The fourth-order valence-corrected chi connectivity index (χ4v) is 4.58. The number of hydrogen-bond donors (Lipinski definition) is 3. The average Bonchev–Trinajstić information content (AvgIpc) is 2.83. The van der Waals surface area contributed by atoms with Gasteiger partial charge >= 0.3 is 0 Å². The van der Waals surface area contributed by atoms with Gasteiger partial charge < -0.3 is 16.4 Å². The molecule has 0 aromatic heterocycles. The molecule has 0 aliphatic heterocycles. The van der Waals surface area contributed by atoms with Crippen molar-refractivity contribution in [1.82, 2.24) is 0 Å². The van der Waals surface area contributed by atoms with Crippen molar-refractivity contribution < 1.29 is 27.0 Å². The predicted octanol–water partition coefficient (Wildman–Crippen LogP) is 3.47. The third-order valence-corrected chi connectivity index (χ3v) is 6.75. The number of fused-ring (bicyclic) bond motifs is 2. The molecule has 3 aromatic rings. The van der Waals surface area contributed by atoms with Gasteiger partial charge in [-0.05, 0) is 24.3 Å². The van der Waals surface area contributed by atoms with Gasteiger partial charge in [-0.2, -0.15) is 8.42 Å². The van der Waals surface area contributed by atoms with Crippen LogP contribution in [0.25, 0.3) is 0 Å². The highest BCUT2D eigenvalue weighted by Crippen LogP contribution is 2.40. The molecule has 10 heteroatoms. The third-order valence-electron chi connectivity index (χ3n) is 5.44. The average molecular weight is 480 g/mol. The molecule has 0 saturated carbocycles.